The summed E-state index contributed by atoms with van der Waals surface area (Å²) in [5.74, 6) is 1.63. The van der Waals surface area contributed by atoms with Gasteiger partial charge in [0.15, 0.2) is 0 Å². The number of hydrogen-bond donors (Lipinski definition) is 1. The van der Waals surface area contributed by atoms with Gasteiger partial charge in [-0.3, -0.25) is 0 Å². The smallest absolute Gasteiger partial charge is 0.0372 e. The summed E-state index contributed by atoms with van der Waals surface area (Å²) < 4.78 is 1.32. The Bertz CT molecular complexity index is 389. The van der Waals surface area contributed by atoms with Crippen molar-refractivity contribution >= 4 is 28.3 Å². The molecule has 1 saturated carbocycles. The molecule has 0 heterocycles. The van der Waals surface area contributed by atoms with Crippen molar-refractivity contribution < 1.29 is 0 Å². The van der Waals surface area contributed by atoms with Crippen molar-refractivity contribution in [3.8, 4) is 0 Å². The number of hydrogen-bond acceptors (Lipinski definition) is 1. The van der Waals surface area contributed by atoms with Crippen LogP contribution < -0.4 is 5.32 Å². The average molecular weight is 343 g/mol. The fourth-order valence-corrected chi connectivity index (χ4v) is 3.42. The van der Waals surface area contributed by atoms with E-state index in [1.165, 1.54) is 34.1 Å². The molecule has 0 spiro atoms. The minimum atomic E-state index is 0.650. The van der Waals surface area contributed by atoms with Crippen LogP contribution >= 0.6 is 22.6 Å². The number of nitrogens with one attached hydrogen (secondary N) is 1. The van der Waals surface area contributed by atoms with Crippen LogP contribution in [-0.2, 0) is 0 Å². The van der Waals surface area contributed by atoms with Crippen LogP contribution in [0, 0.1) is 22.3 Å². The van der Waals surface area contributed by atoms with Gasteiger partial charge in [0.05, 0.1) is 0 Å². The molecule has 94 valence electrons. The highest BCUT2D eigenvalue weighted by Gasteiger charge is 2.26. The third-order valence-corrected chi connectivity index (χ3v) is 4.91. The fourth-order valence-electron chi connectivity index (χ4n) is 2.77. The van der Waals surface area contributed by atoms with Crippen molar-refractivity contribution in [2.24, 2.45) is 11.8 Å². The van der Waals surface area contributed by atoms with Gasteiger partial charge in [-0.15, -0.1) is 0 Å². The van der Waals surface area contributed by atoms with Gasteiger partial charge in [-0.05, 0) is 71.5 Å². The molecule has 0 aromatic heterocycles. The summed E-state index contributed by atoms with van der Waals surface area (Å²) in [6.45, 7) is 6.98. The van der Waals surface area contributed by atoms with Crippen LogP contribution in [0.1, 0.15) is 38.7 Å². The fraction of sp³-hybridized carbons (Fsp3) is 0.600. The van der Waals surface area contributed by atoms with Crippen LogP contribution in [-0.4, -0.2) is 6.04 Å². The Balaban J connectivity index is 2.09. The molecule has 1 aliphatic rings. The SMILES string of the molecule is Cc1cc(I)ccc1NC1CCCC(C)C1C. The summed E-state index contributed by atoms with van der Waals surface area (Å²) in [5, 5.41) is 3.75. The molecule has 0 amide bonds. The molecule has 1 nitrogen and oxygen atoms in total. The summed E-state index contributed by atoms with van der Waals surface area (Å²) in [7, 11) is 0. The van der Waals surface area contributed by atoms with E-state index in [0.29, 0.717) is 6.04 Å². The normalized spacial score (nSPS) is 29.1. The summed E-state index contributed by atoms with van der Waals surface area (Å²) in [6.07, 6.45) is 4.08. The summed E-state index contributed by atoms with van der Waals surface area (Å²) in [6, 6.07) is 7.31. The number of aryl methyl sites for hydroxylation is 1. The highest BCUT2D eigenvalue weighted by molar-refractivity contribution is 14.1. The van der Waals surface area contributed by atoms with Gasteiger partial charge in [0.1, 0.15) is 0 Å². The van der Waals surface area contributed by atoms with Crippen molar-refractivity contribution in [2.45, 2.75) is 46.1 Å². The third kappa shape index (κ3) is 3.15. The molecule has 17 heavy (non-hydrogen) atoms. The van der Waals surface area contributed by atoms with Crippen LogP contribution in [0.15, 0.2) is 18.2 Å². The highest BCUT2D eigenvalue weighted by atomic mass is 127. The van der Waals surface area contributed by atoms with Gasteiger partial charge >= 0.3 is 0 Å². The van der Waals surface area contributed by atoms with Crippen LogP contribution in [0.25, 0.3) is 0 Å². The Kier molecular flexibility index (Phi) is 4.34. The maximum absolute atomic E-state index is 3.75. The topological polar surface area (TPSA) is 12.0 Å². The van der Waals surface area contributed by atoms with Crippen molar-refractivity contribution in [3.63, 3.8) is 0 Å². The molecule has 0 saturated heterocycles. The van der Waals surface area contributed by atoms with E-state index >= 15 is 0 Å². The highest BCUT2D eigenvalue weighted by Crippen LogP contribution is 2.32. The lowest BCUT2D eigenvalue weighted by Gasteiger charge is -2.35. The van der Waals surface area contributed by atoms with Gasteiger partial charge in [-0.25, -0.2) is 0 Å². The molecule has 0 bridgehead atoms. The van der Waals surface area contributed by atoms with Crippen LogP contribution in [0.5, 0.6) is 0 Å². The quantitative estimate of drug-likeness (QED) is 0.758. The molecule has 1 fully saturated rings. The van der Waals surface area contributed by atoms with E-state index in [1.807, 2.05) is 0 Å². The predicted molar refractivity (Wildman–Crippen MR) is 83.5 cm³/mol. The van der Waals surface area contributed by atoms with Crippen molar-refractivity contribution in [1.29, 1.82) is 0 Å². The monoisotopic (exact) mass is 343 g/mol. The first-order valence-electron chi connectivity index (χ1n) is 6.60. The summed E-state index contributed by atoms with van der Waals surface area (Å²) >= 11 is 2.37. The first-order chi connectivity index (χ1) is 8.08. The van der Waals surface area contributed by atoms with Gasteiger partial charge < -0.3 is 5.32 Å². The zero-order valence-corrected chi connectivity index (χ0v) is 13.1. The zero-order valence-electron chi connectivity index (χ0n) is 11.0. The van der Waals surface area contributed by atoms with E-state index in [1.54, 1.807) is 0 Å². The minimum absolute atomic E-state index is 0.650. The van der Waals surface area contributed by atoms with Crippen LogP contribution in [0.3, 0.4) is 0 Å². The minimum Gasteiger partial charge on any atom is -0.382 e. The second-order valence-electron chi connectivity index (χ2n) is 5.48. The van der Waals surface area contributed by atoms with Gasteiger partial charge in [-0.1, -0.05) is 26.7 Å². The standard InChI is InChI=1S/C15H22IN/c1-10-5-4-6-15(12(10)3)17-14-8-7-13(16)9-11(14)2/h7-10,12,15,17H,4-6H2,1-3H3. The summed E-state index contributed by atoms with van der Waals surface area (Å²) in [5.41, 5.74) is 2.68. The largest absolute Gasteiger partial charge is 0.382 e. The first kappa shape index (κ1) is 13.2. The Morgan fingerprint density at radius 3 is 2.71 bits per heavy atom. The third-order valence-electron chi connectivity index (χ3n) is 4.24. The van der Waals surface area contributed by atoms with Gasteiger partial charge in [-0.2, -0.15) is 0 Å². The molecule has 3 unspecified atom stereocenters. The second-order valence-corrected chi connectivity index (χ2v) is 6.72. The molecule has 2 heteroatoms. The zero-order chi connectivity index (χ0) is 12.4. The van der Waals surface area contributed by atoms with E-state index in [-0.39, 0.29) is 0 Å². The van der Waals surface area contributed by atoms with E-state index in [9.17, 15) is 0 Å². The summed E-state index contributed by atoms with van der Waals surface area (Å²) in [4.78, 5) is 0. The molecular weight excluding hydrogens is 321 g/mol. The average Bonchev–Trinajstić information content (AvgIpc) is 2.28. The molecule has 0 radical (unpaired) electrons. The Hall–Kier alpha value is -0.250. The van der Waals surface area contributed by atoms with Crippen molar-refractivity contribution in [2.75, 3.05) is 5.32 Å². The second kappa shape index (κ2) is 5.59. The van der Waals surface area contributed by atoms with Crippen molar-refractivity contribution in [3.05, 3.63) is 27.3 Å². The molecule has 1 N–H and O–H groups in total. The number of anilines is 1. The maximum Gasteiger partial charge on any atom is 0.0372 e. The first-order valence-corrected chi connectivity index (χ1v) is 7.68. The van der Waals surface area contributed by atoms with E-state index < -0.39 is 0 Å². The van der Waals surface area contributed by atoms with Gasteiger partial charge in [0.25, 0.3) is 0 Å². The predicted octanol–water partition coefficient (Wildman–Crippen LogP) is 4.84. The molecule has 1 aromatic rings. The van der Waals surface area contributed by atoms with Crippen LogP contribution in [0.2, 0.25) is 0 Å². The van der Waals surface area contributed by atoms with Gasteiger partial charge in [0.2, 0.25) is 0 Å². The molecule has 3 atom stereocenters. The van der Waals surface area contributed by atoms with E-state index in [4.69, 9.17) is 0 Å². The number of benzene rings is 1. The number of rotatable bonds is 2. The van der Waals surface area contributed by atoms with Gasteiger partial charge in [0, 0.05) is 15.3 Å². The van der Waals surface area contributed by atoms with Crippen LogP contribution in [0.4, 0.5) is 5.69 Å². The lowest BCUT2D eigenvalue weighted by Crippen LogP contribution is -2.35. The number of halogens is 1. The Morgan fingerprint density at radius 1 is 1.24 bits per heavy atom. The molecule has 2 rings (SSSR count). The Morgan fingerprint density at radius 2 is 2.00 bits per heavy atom. The lowest BCUT2D eigenvalue weighted by molar-refractivity contribution is 0.253. The Labute approximate surface area is 119 Å². The van der Waals surface area contributed by atoms with E-state index in [0.717, 1.165) is 11.8 Å². The van der Waals surface area contributed by atoms with E-state index in [2.05, 4.69) is 66.9 Å². The maximum atomic E-state index is 3.75. The molecule has 0 aliphatic heterocycles. The van der Waals surface area contributed by atoms with Crippen molar-refractivity contribution in [1.82, 2.24) is 0 Å². The molecule has 1 aliphatic carbocycles. The molecular formula is C15H22IN. The molecule has 1 aromatic carbocycles. The lowest BCUT2D eigenvalue weighted by atomic mass is 9.78.